The maximum Gasteiger partial charge on any atom is 0.408 e. The van der Waals surface area contributed by atoms with Gasteiger partial charge in [0.2, 0.25) is 5.91 Å². The van der Waals surface area contributed by atoms with E-state index in [0.717, 1.165) is 36.1 Å². The second kappa shape index (κ2) is 12.6. The zero-order chi connectivity index (χ0) is 22.6. The van der Waals surface area contributed by atoms with E-state index in [1.165, 1.54) is 11.3 Å². The summed E-state index contributed by atoms with van der Waals surface area (Å²) in [5.74, 6) is -0.316. The highest BCUT2D eigenvalue weighted by atomic mass is 32.1. The van der Waals surface area contributed by atoms with Gasteiger partial charge in [-0.05, 0) is 24.9 Å². The van der Waals surface area contributed by atoms with Crippen molar-refractivity contribution in [2.75, 3.05) is 11.9 Å². The minimum atomic E-state index is -0.722. The molecule has 32 heavy (non-hydrogen) atoms. The molecule has 168 valence electrons. The molecule has 0 bridgehead atoms. The van der Waals surface area contributed by atoms with Gasteiger partial charge >= 0.3 is 6.09 Å². The van der Waals surface area contributed by atoms with Gasteiger partial charge in [-0.2, -0.15) is 0 Å². The zero-order valence-electron chi connectivity index (χ0n) is 17.8. The van der Waals surface area contributed by atoms with E-state index in [1.807, 2.05) is 66.0 Å². The van der Waals surface area contributed by atoms with Crippen LogP contribution in [-0.2, 0) is 16.1 Å². The number of hydrogen-bond acceptors (Lipinski definition) is 6. The van der Waals surface area contributed by atoms with Gasteiger partial charge in [0.15, 0.2) is 5.13 Å². The maximum absolute atomic E-state index is 12.9. The Morgan fingerprint density at radius 2 is 1.72 bits per heavy atom. The van der Waals surface area contributed by atoms with Gasteiger partial charge in [0.1, 0.15) is 12.6 Å². The SMILES string of the molecule is NCCCCC[C@H](NC(=O)OCc1ccccc1)C(=O)Nc1nc(-c2ccccc2)cs1. The Morgan fingerprint density at radius 3 is 2.44 bits per heavy atom. The number of amides is 2. The van der Waals surface area contributed by atoms with Crippen molar-refractivity contribution < 1.29 is 14.3 Å². The number of aromatic nitrogens is 1. The van der Waals surface area contributed by atoms with Crippen LogP contribution < -0.4 is 16.4 Å². The Labute approximate surface area is 192 Å². The van der Waals surface area contributed by atoms with Gasteiger partial charge in [-0.15, -0.1) is 11.3 Å². The number of nitrogens with one attached hydrogen (secondary N) is 2. The lowest BCUT2D eigenvalue weighted by atomic mass is 10.1. The molecule has 0 fully saturated rings. The summed E-state index contributed by atoms with van der Waals surface area (Å²) in [4.78, 5) is 29.7. The highest BCUT2D eigenvalue weighted by Gasteiger charge is 2.22. The van der Waals surface area contributed by atoms with Gasteiger partial charge in [0.05, 0.1) is 5.69 Å². The molecule has 0 aliphatic carbocycles. The molecule has 0 radical (unpaired) electrons. The number of ether oxygens (including phenoxy) is 1. The molecule has 1 atom stereocenters. The summed E-state index contributed by atoms with van der Waals surface area (Å²) in [5, 5.41) is 7.90. The molecule has 3 aromatic rings. The molecule has 2 aromatic carbocycles. The lowest BCUT2D eigenvalue weighted by Gasteiger charge is -2.17. The van der Waals surface area contributed by atoms with Crippen molar-refractivity contribution >= 4 is 28.5 Å². The topological polar surface area (TPSA) is 106 Å². The minimum Gasteiger partial charge on any atom is -0.445 e. The predicted octanol–water partition coefficient (Wildman–Crippen LogP) is 4.56. The summed E-state index contributed by atoms with van der Waals surface area (Å²) >= 11 is 1.34. The van der Waals surface area contributed by atoms with E-state index >= 15 is 0 Å². The van der Waals surface area contributed by atoms with E-state index in [1.54, 1.807) is 0 Å². The number of carbonyl (C=O) groups excluding carboxylic acids is 2. The van der Waals surface area contributed by atoms with Crippen LogP contribution in [0.4, 0.5) is 9.93 Å². The Hall–Kier alpha value is -3.23. The number of unbranched alkanes of at least 4 members (excludes halogenated alkanes) is 2. The zero-order valence-corrected chi connectivity index (χ0v) is 18.6. The fourth-order valence-corrected chi connectivity index (χ4v) is 3.83. The van der Waals surface area contributed by atoms with E-state index in [9.17, 15) is 9.59 Å². The van der Waals surface area contributed by atoms with Gasteiger partial charge in [0.25, 0.3) is 0 Å². The number of hydrogen-bond donors (Lipinski definition) is 3. The van der Waals surface area contributed by atoms with E-state index in [4.69, 9.17) is 10.5 Å². The van der Waals surface area contributed by atoms with Crippen LogP contribution in [0.5, 0.6) is 0 Å². The fourth-order valence-electron chi connectivity index (χ4n) is 3.11. The van der Waals surface area contributed by atoms with E-state index in [2.05, 4.69) is 15.6 Å². The van der Waals surface area contributed by atoms with Crippen LogP contribution in [0, 0.1) is 0 Å². The van der Waals surface area contributed by atoms with Gasteiger partial charge in [-0.1, -0.05) is 73.5 Å². The molecule has 2 amide bonds. The first kappa shape index (κ1) is 23.4. The van der Waals surface area contributed by atoms with Crippen molar-refractivity contribution in [2.24, 2.45) is 5.73 Å². The highest BCUT2D eigenvalue weighted by molar-refractivity contribution is 7.14. The van der Waals surface area contributed by atoms with Gasteiger partial charge in [-0.25, -0.2) is 9.78 Å². The number of benzene rings is 2. The van der Waals surface area contributed by atoms with Crippen molar-refractivity contribution in [3.05, 3.63) is 71.6 Å². The molecule has 0 aliphatic heterocycles. The Bertz CT molecular complexity index is 979. The molecule has 0 aliphatic rings. The van der Waals surface area contributed by atoms with Gasteiger partial charge in [-0.3, -0.25) is 4.79 Å². The van der Waals surface area contributed by atoms with Gasteiger partial charge < -0.3 is 21.1 Å². The summed E-state index contributed by atoms with van der Waals surface area (Å²) in [6, 6.07) is 18.4. The summed E-state index contributed by atoms with van der Waals surface area (Å²) < 4.78 is 5.29. The monoisotopic (exact) mass is 452 g/mol. The van der Waals surface area contributed by atoms with Gasteiger partial charge in [0, 0.05) is 10.9 Å². The van der Waals surface area contributed by atoms with Crippen molar-refractivity contribution in [1.82, 2.24) is 10.3 Å². The third-order valence-electron chi connectivity index (χ3n) is 4.82. The van der Waals surface area contributed by atoms with Crippen molar-refractivity contribution in [3.8, 4) is 11.3 Å². The quantitative estimate of drug-likeness (QED) is 0.370. The largest absolute Gasteiger partial charge is 0.445 e. The number of carbonyl (C=O) groups is 2. The normalized spacial score (nSPS) is 11.5. The number of anilines is 1. The lowest BCUT2D eigenvalue weighted by molar-refractivity contribution is -0.118. The number of nitrogens with two attached hydrogens (primary N) is 1. The number of nitrogens with zero attached hydrogens (tertiary/aromatic N) is 1. The molecular formula is C24H28N4O3S. The first-order valence-electron chi connectivity index (χ1n) is 10.6. The first-order chi connectivity index (χ1) is 15.7. The van der Waals surface area contributed by atoms with Crippen LogP contribution in [0.2, 0.25) is 0 Å². The smallest absolute Gasteiger partial charge is 0.408 e. The lowest BCUT2D eigenvalue weighted by Crippen LogP contribution is -2.44. The molecule has 0 spiro atoms. The molecule has 0 saturated carbocycles. The van der Waals surface area contributed by atoms with Crippen LogP contribution in [0.1, 0.15) is 31.2 Å². The van der Waals surface area contributed by atoms with Crippen molar-refractivity contribution in [2.45, 2.75) is 38.3 Å². The van der Waals surface area contributed by atoms with E-state index in [0.29, 0.717) is 18.1 Å². The minimum absolute atomic E-state index is 0.140. The Kier molecular flexibility index (Phi) is 9.21. The van der Waals surface area contributed by atoms with E-state index in [-0.39, 0.29) is 12.5 Å². The summed E-state index contributed by atoms with van der Waals surface area (Å²) in [7, 11) is 0. The predicted molar refractivity (Wildman–Crippen MR) is 127 cm³/mol. The molecule has 0 saturated heterocycles. The third-order valence-corrected chi connectivity index (χ3v) is 5.58. The fraction of sp³-hybridized carbons (Fsp3) is 0.292. The Balaban J connectivity index is 1.58. The molecular weight excluding hydrogens is 424 g/mol. The number of thiazole rings is 1. The van der Waals surface area contributed by atoms with Crippen LogP contribution in [0.3, 0.4) is 0 Å². The number of rotatable bonds is 11. The van der Waals surface area contributed by atoms with Crippen LogP contribution >= 0.6 is 11.3 Å². The highest BCUT2D eigenvalue weighted by Crippen LogP contribution is 2.24. The second-order valence-electron chi connectivity index (χ2n) is 7.29. The third kappa shape index (κ3) is 7.47. The maximum atomic E-state index is 12.9. The van der Waals surface area contributed by atoms with Crippen LogP contribution in [0.15, 0.2) is 66.0 Å². The summed E-state index contributed by atoms with van der Waals surface area (Å²) in [5.41, 5.74) is 8.20. The van der Waals surface area contributed by atoms with Crippen LogP contribution in [-0.4, -0.2) is 29.6 Å². The average Bonchev–Trinajstić information content (AvgIpc) is 3.29. The summed E-state index contributed by atoms with van der Waals surface area (Å²) in [6.07, 6.45) is 2.39. The molecule has 4 N–H and O–H groups in total. The standard InChI is InChI=1S/C24H28N4O3S/c25-15-9-3-8-14-20(27-24(30)31-16-18-10-4-1-5-11-18)22(29)28-23-26-21(17-32-23)19-12-6-2-7-13-19/h1-2,4-7,10-13,17,20H,3,8-9,14-16,25H2,(H,27,30)(H,26,28,29)/t20-/m0/s1. The van der Waals surface area contributed by atoms with Crippen molar-refractivity contribution in [3.63, 3.8) is 0 Å². The molecule has 8 heteroatoms. The molecule has 7 nitrogen and oxygen atoms in total. The Morgan fingerprint density at radius 1 is 1.00 bits per heavy atom. The van der Waals surface area contributed by atoms with E-state index < -0.39 is 12.1 Å². The molecule has 0 unspecified atom stereocenters. The molecule has 3 rings (SSSR count). The average molecular weight is 453 g/mol. The summed E-state index contributed by atoms with van der Waals surface area (Å²) in [6.45, 7) is 0.742. The second-order valence-corrected chi connectivity index (χ2v) is 8.15. The van der Waals surface area contributed by atoms with Crippen molar-refractivity contribution in [1.29, 1.82) is 0 Å². The first-order valence-corrected chi connectivity index (χ1v) is 11.5. The molecule has 1 aromatic heterocycles. The van der Waals surface area contributed by atoms with Crippen LogP contribution in [0.25, 0.3) is 11.3 Å². The molecule has 1 heterocycles. The number of alkyl carbamates (subject to hydrolysis) is 1.